The third-order valence-corrected chi connectivity index (χ3v) is 5.20. The molecule has 24 heavy (non-hydrogen) atoms. The zero-order valence-electron chi connectivity index (χ0n) is 14.6. The van der Waals surface area contributed by atoms with Crippen LogP contribution in [0.4, 0.5) is 0 Å². The zero-order chi connectivity index (χ0) is 17.5. The van der Waals surface area contributed by atoms with Crippen molar-refractivity contribution in [2.24, 2.45) is 5.92 Å². The fourth-order valence-corrected chi connectivity index (χ4v) is 3.97. The number of carboxylic acids is 1. The van der Waals surface area contributed by atoms with Gasteiger partial charge in [-0.2, -0.15) is 0 Å². The van der Waals surface area contributed by atoms with Gasteiger partial charge >= 0.3 is 5.97 Å². The number of carboxylic acid groups (broad SMARTS) is 1. The molecule has 0 radical (unpaired) electrons. The summed E-state index contributed by atoms with van der Waals surface area (Å²) >= 11 is 0. The number of amides is 2. The summed E-state index contributed by atoms with van der Waals surface area (Å²) in [7, 11) is 0. The molecule has 1 aliphatic heterocycles. The Bertz CT molecular complexity index is 460. The molecule has 0 aromatic carbocycles. The van der Waals surface area contributed by atoms with E-state index in [1.54, 1.807) is 4.90 Å². The molecule has 2 amide bonds. The van der Waals surface area contributed by atoms with Gasteiger partial charge in [0, 0.05) is 18.5 Å². The van der Waals surface area contributed by atoms with E-state index in [1.807, 2.05) is 6.92 Å². The topological polar surface area (TPSA) is 86.7 Å². The summed E-state index contributed by atoms with van der Waals surface area (Å²) in [5, 5.41) is 11.8. The fraction of sp³-hybridized carbons (Fsp3) is 0.833. The van der Waals surface area contributed by atoms with Crippen molar-refractivity contribution in [3.8, 4) is 0 Å². The van der Waals surface area contributed by atoms with Crippen LogP contribution in [-0.2, 0) is 14.4 Å². The summed E-state index contributed by atoms with van der Waals surface area (Å²) in [6.45, 7) is 2.61. The van der Waals surface area contributed by atoms with Gasteiger partial charge in [0.1, 0.15) is 6.04 Å². The van der Waals surface area contributed by atoms with E-state index in [4.69, 9.17) is 5.11 Å². The number of likely N-dealkylation sites (tertiary alicyclic amines) is 1. The van der Waals surface area contributed by atoms with Crippen LogP contribution < -0.4 is 5.32 Å². The monoisotopic (exact) mass is 338 g/mol. The fourth-order valence-electron chi connectivity index (χ4n) is 3.97. The Kier molecular flexibility index (Phi) is 7.06. The summed E-state index contributed by atoms with van der Waals surface area (Å²) in [4.78, 5) is 38.1. The highest BCUT2D eigenvalue weighted by Crippen LogP contribution is 2.29. The summed E-state index contributed by atoms with van der Waals surface area (Å²) in [5.41, 5.74) is 0. The number of aliphatic carboxylic acids is 1. The minimum atomic E-state index is -0.907. The molecule has 0 bridgehead atoms. The number of nitrogens with zero attached hydrogens (tertiary/aromatic N) is 1. The van der Waals surface area contributed by atoms with Crippen LogP contribution in [-0.4, -0.2) is 46.4 Å². The van der Waals surface area contributed by atoms with Crippen LogP contribution in [0.25, 0.3) is 0 Å². The Hall–Kier alpha value is -1.59. The molecule has 136 valence electrons. The Morgan fingerprint density at radius 2 is 1.83 bits per heavy atom. The highest BCUT2D eigenvalue weighted by atomic mass is 16.4. The molecule has 0 spiro atoms. The molecule has 1 saturated heterocycles. The Labute approximate surface area is 144 Å². The molecule has 1 aliphatic carbocycles. The maximum Gasteiger partial charge on any atom is 0.305 e. The molecule has 2 fully saturated rings. The largest absolute Gasteiger partial charge is 0.481 e. The van der Waals surface area contributed by atoms with Gasteiger partial charge in [-0.15, -0.1) is 0 Å². The van der Waals surface area contributed by atoms with E-state index < -0.39 is 12.0 Å². The number of hydrogen-bond donors (Lipinski definition) is 2. The van der Waals surface area contributed by atoms with Crippen molar-refractivity contribution in [1.29, 1.82) is 0 Å². The summed E-state index contributed by atoms with van der Waals surface area (Å²) in [6.07, 6.45) is 8.16. The Morgan fingerprint density at radius 1 is 1.12 bits per heavy atom. The van der Waals surface area contributed by atoms with Gasteiger partial charge in [-0.05, 0) is 32.1 Å². The highest BCUT2D eigenvalue weighted by Gasteiger charge is 2.37. The number of nitrogens with one attached hydrogen (secondary N) is 1. The Balaban J connectivity index is 1.96. The maximum atomic E-state index is 12.8. The van der Waals surface area contributed by atoms with Gasteiger partial charge in [-0.3, -0.25) is 14.4 Å². The maximum absolute atomic E-state index is 12.8. The van der Waals surface area contributed by atoms with Gasteiger partial charge in [-0.1, -0.05) is 32.6 Å². The zero-order valence-corrected chi connectivity index (χ0v) is 14.6. The van der Waals surface area contributed by atoms with Gasteiger partial charge in [-0.25, -0.2) is 0 Å². The summed E-state index contributed by atoms with van der Waals surface area (Å²) in [6, 6.07) is -0.778. The molecule has 0 aromatic rings. The first-order chi connectivity index (χ1) is 11.5. The van der Waals surface area contributed by atoms with Crippen molar-refractivity contribution in [3.63, 3.8) is 0 Å². The molecule has 1 heterocycles. The minimum Gasteiger partial charge on any atom is -0.481 e. The normalized spacial score (nSPS) is 23.0. The van der Waals surface area contributed by atoms with Crippen LogP contribution in [0.15, 0.2) is 0 Å². The summed E-state index contributed by atoms with van der Waals surface area (Å²) < 4.78 is 0. The van der Waals surface area contributed by atoms with Crippen LogP contribution in [0, 0.1) is 5.92 Å². The van der Waals surface area contributed by atoms with E-state index in [2.05, 4.69) is 5.32 Å². The second-order valence-corrected chi connectivity index (χ2v) is 7.12. The van der Waals surface area contributed by atoms with E-state index in [9.17, 15) is 14.4 Å². The first kappa shape index (κ1) is 18.7. The molecule has 6 nitrogen and oxygen atoms in total. The summed E-state index contributed by atoms with van der Waals surface area (Å²) in [5.74, 6) is -0.901. The number of carbonyl (C=O) groups excluding carboxylic acids is 2. The van der Waals surface area contributed by atoms with Crippen molar-refractivity contribution in [2.75, 3.05) is 6.54 Å². The van der Waals surface area contributed by atoms with Crippen LogP contribution in [0.3, 0.4) is 0 Å². The predicted molar refractivity (Wildman–Crippen MR) is 90.4 cm³/mol. The lowest BCUT2D eigenvalue weighted by Gasteiger charge is -2.30. The van der Waals surface area contributed by atoms with Gasteiger partial charge in [0.2, 0.25) is 11.8 Å². The third kappa shape index (κ3) is 4.95. The first-order valence-electron chi connectivity index (χ1n) is 9.35. The van der Waals surface area contributed by atoms with Crippen molar-refractivity contribution >= 4 is 17.8 Å². The van der Waals surface area contributed by atoms with E-state index in [1.165, 1.54) is 6.42 Å². The van der Waals surface area contributed by atoms with Crippen molar-refractivity contribution in [1.82, 2.24) is 10.2 Å². The van der Waals surface area contributed by atoms with Gasteiger partial charge in [0.25, 0.3) is 0 Å². The Morgan fingerprint density at radius 3 is 2.46 bits per heavy atom. The van der Waals surface area contributed by atoms with E-state index in [-0.39, 0.29) is 30.2 Å². The highest BCUT2D eigenvalue weighted by molar-refractivity contribution is 5.89. The molecular formula is C18H30N2O4. The third-order valence-electron chi connectivity index (χ3n) is 5.20. The molecule has 0 aromatic heterocycles. The van der Waals surface area contributed by atoms with Crippen LogP contribution in [0.1, 0.15) is 71.1 Å². The average Bonchev–Trinajstić information content (AvgIpc) is 3.04. The molecule has 0 unspecified atom stereocenters. The second kappa shape index (κ2) is 9.04. The van der Waals surface area contributed by atoms with Crippen LogP contribution in [0.5, 0.6) is 0 Å². The lowest BCUT2D eigenvalue weighted by Crippen LogP contribution is -2.50. The van der Waals surface area contributed by atoms with Gasteiger partial charge in [0.05, 0.1) is 6.42 Å². The smallest absolute Gasteiger partial charge is 0.305 e. The lowest BCUT2D eigenvalue weighted by molar-refractivity contribution is -0.143. The minimum absolute atomic E-state index is 0.0666. The molecule has 1 saturated carbocycles. The average molecular weight is 338 g/mol. The number of rotatable bonds is 7. The molecule has 2 aliphatic rings. The van der Waals surface area contributed by atoms with Crippen LogP contribution >= 0.6 is 0 Å². The molecule has 2 atom stereocenters. The number of hydrogen-bond acceptors (Lipinski definition) is 3. The second-order valence-electron chi connectivity index (χ2n) is 7.12. The quantitative estimate of drug-likeness (QED) is 0.746. The predicted octanol–water partition coefficient (Wildman–Crippen LogP) is 2.32. The lowest BCUT2D eigenvalue weighted by atomic mass is 9.88. The van der Waals surface area contributed by atoms with E-state index in [0.717, 1.165) is 38.5 Å². The van der Waals surface area contributed by atoms with Crippen molar-refractivity contribution < 1.29 is 19.5 Å². The SMILES string of the molecule is CCC[C@H](CC(=O)O)NC(=O)[C@@H]1CCCN1C(=O)C1CCCCC1. The van der Waals surface area contributed by atoms with Gasteiger partial charge < -0.3 is 15.3 Å². The van der Waals surface area contributed by atoms with E-state index in [0.29, 0.717) is 19.4 Å². The van der Waals surface area contributed by atoms with E-state index >= 15 is 0 Å². The van der Waals surface area contributed by atoms with Gasteiger partial charge in [0.15, 0.2) is 0 Å². The number of carbonyl (C=O) groups is 3. The first-order valence-corrected chi connectivity index (χ1v) is 9.35. The van der Waals surface area contributed by atoms with Crippen molar-refractivity contribution in [2.45, 2.75) is 83.2 Å². The molecular weight excluding hydrogens is 308 g/mol. The van der Waals surface area contributed by atoms with Crippen LogP contribution in [0.2, 0.25) is 0 Å². The standard InChI is InChI=1S/C18H30N2O4/c1-2-7-14(12-16(21)22)19-17(23)15-10-6-11-20(15)18(24)13-8-4-3-5-9-13/h13-15H,2-12H2,1H3,(H,19,23)(H,21,22)/t14-,15+/m1/s1. The van der Waals surface area contributed by atoms with Crippen molar-refractivity contribution in [3.05, 3.63) is 0 Å². The molecule has 2 rings (SSSR count). The molecule has 2 N–H and O–H groups in total. The molecule has 6 heteroatoms.